The minimum atomic E-state index is 0.510. The molecule has 0 saturated carbocycles. The van der Waals surface area contributed by atoms with Crippen LogP contribution in [0, 0.1) is 6.92 Å². The van der Waals surface area contributed by atoms with Gasteiger partial charge in [-0.05, 0) is 32.4 Å². The molecule has 1 aromatic rings. The van der Waals surface area contributed by atoms with Gasteiger partial charge in [0.25, 0.3) is 0 Å². The fourth-order valence-electron chi connectivity index (χ4n) is 1.56. The van der Waals surface area contributed by atoms with Crippen LogP contribution in [0.3, 0.4) is 0 Å². The average Bonchev–Trinajstić information content (AvgIpc) is 2.29. The maximum absolute atomic E-state index is 5.46. The number of nitrogens with one attached hydrogen (secondary N) is 1. The molecule has 0 aromatic carbocycles. The van der Waals surface area contributed by atoms with Gasteiger partial charge in [-0.1, -0.05) is 13.8 Å². The molecule has 0 spiro atoms. The van der Waals surface area contributed by atoms with E-state index in [4.69, 9.17) is 4.74 Å². The van der Waals surface area contributed by atoms with Crippen molar-refractivity contribution < 1.29 is 4.74 Å². The molecule has 1 rings (SSSR count). The van der Waals surface area contributed by atoms with Crippen molar-refractivity contribution in [3.63, 3.8) is 0 Å². The molecule has 0 atom stereocenters. The van der Waals surface area contributed by atoms with E-state index in [2.05, 4.69) is 29.1 Å². The quantitative estimate of drug-likeness (QED) is 0.704. The van der Waals surface area contributed by atoms with Crippen LogP contribution in [-0.2, 0) is 17.9 Å². The number of aromatic nitrogens is 2. The van der Waals surface area contributed by atoms with E-state index in [9.17, 15) is 0 Å². The Bertz CT molecular complexity index is 300. The Morgan fingerprint density at radius 3 is 2.76 bits per heavy atom. The van der Waals surface area contributed by atoms with Gasteiger partial charge in [-0.3, -0.25) is 0 Å². The van der Waals surface area contributed by atoms with Gasteiger partial charge in [-0.2, -0.15) is 0 Å². The lowest BCUT2D eigenvalue weighted by molar-refractivity contribution is 0.115. The first kappa shape index (κ1) is 14.1. The van der Waals surface area contributed by atoms with Crippen molar-refractivity contribution in [2.24, 2.45) is 0 Å². The SMILES string of the molecule is CCCNCc1cc(C)nc(COCCC)n1. The molecule has 0 fully saturated rings. The van der Waals surface area contributed by atoms with Gasteiger partial charge in [0, 0.05) is 18.8 Å². The minimum absolute atomic E-state index is 0.510. The third-order valence-corrected chi connectivity index (χ3v) is 2.27. The third-order valence-electron chi connectivity index (χ3n) is 2.27. The molecule has 4 heteroatoms. The fraction of sp³-hybridized carbons (Fsp3) is 0.692. The van der Waals surface area contributed by atoms with E-state index in [0.717, 1.165) is 49.8 Å². The van der Waals surface area contributed by atoms with E-state index in [-0.39, 0.29) is 0 Å². The zero-order valence-electron chi connectivity index (χ0n) is 11.1. The van der Waals surface area contributed by atoms with Crippen LogP contribution in [0.1, 0.15) is 43.9 Å². The molecule has 96 valence electrons. The normalized spacial score (nSPS) is 10.8. The Labute approximate surface area is 104 Å². The predicted molar refractivity (Wildman–Crippen MR) is 68.7 cm³/mol. The van der Waals surface area contributed by atoms with Crippen LogP contribution in [0.15, 0.2) is 6.07 Å². The highest BCUT2D eigenvalue weighted by atomic mass is 16.5. The summed E-state index contributed by atoms with van der Waals surface area (Å²) in [6, 6.07) is 2.02. The number of nitrogens with zero attached hydrogens (tertiary/aromatic N) is 2. The van der Waals surface area contributed by atoms with Gasteiger partial charge >= 0.3 is 0 Å². The first-order chi connectivity index (χ1) is 8.26. The summed E-state index contributed by atoms with van der Waals surface area (Å²) in [5, 5.41) is 3.34. The Morgan fingerprint density at radius 1 is 1.24 bits per heavy atom. The molecule has 0 saturated heterocycles. The summed E-state index contributed by atoms with van der Waals surface area (Å²) in [7, 11) is 0. The molecule has 1 N–H and O–H groups in total. The number of rotatable bonds is 8. The van der Waals surface area contributed by atoms with Crippen LogP contribution in [0.5, 0.6) is 0 Å². The molecular weight excluding hydrogens is 214 g/mol. The molecule has 0 aliphatic rings. The van der Waals surface area contributed by atoms with Gasteiger partial charge in [0.2, 0.25) is 0 Å². The molecule has 0 unspecified atom stereocenters. The lowest BCUT2D eigenvalue weighted by Crippen LogP contribution is -2.16. The second-order valence-electron chi connectivity index (χ2n) is 4.15. The lowest BCUT2D eigenvalue weighted by atomic mass is 10.3. The molecule has 0 aliphatic carbocycles. The van der Waals surface area contributed by atoms with E-state index in [1.54, 1.807) is 0 Å². The molecule has 0 radical (unpaired) electrons. The van der Waals surface area contributed by atoms with Crippen molar-refractivity contribution in [2.75, 3.05) is 13.2 Å². The maximum atomic E-state index is 5.46. The van der Waals surface area contributed by atoms with Gasteiger partial charge < -0.3 is 10.1 Å². The van der Waals surface area contributed by atoms with E-state index >= 15 is 0 Å². The van der Waals surface area contributed by atoms with Gasteiger partial charge in [0.1, 0.15) is 6.61 Å². The smallest absolute Gasteiger partial charge is 0.154 e. The van der Waals surface area contributed by atoms with Crippen LogP contribution in [0.4, 0.5) is 0 Å². The Balaban J connectivity index is 2.53. The second kappa shape index (κ2) is 8.14. The van der Waals surface area contributed by atoms with Crippen LogP contribution in [0.25, 0.3) is 0 Å². The first-order valence-corrected chi connectivity index (χ1v) is 6.38. The summed E-state index contributed by atoms with van der Waals surface area (Å²) in [6.07, 6.45) is 2.16. The predicted octanol–water partition coefficient (Wildman–Crippen LogP) is 2.21. The number of hydrogen-bond donors (Lipinski definition) is 1. The van der Waals surface area contributed by atoms with Crippen LogP contribution >= 0.6 is 0 Å². The monoisotopic (exact) mass is 237 g/mol. The van der Waals surface area contributed by atoms with Gasteiger partial charge in [0.15, 0.2) is 5.82 Å². The summed E-state index contributed by atoms with van der Waals surface area (Å²) in [5.41, 5.74) is 2.05. The summed E-state index contributed by atoms with van der Waals surface area (Å²) >= 11 is 0. The number of ether oxygens (including phenoxy) is 1. The highest BCUT2D eigenvalue weighted by molar-refractivity contribution is 5.09. The second-order valence-corrected chi connectivity index (χ2v) is 4.15. The highest BCUT2D eigenvalue weighted by Crippen LogP contribution is 2.02. The number of hydrogen-bond acceptors (Lipinski definition) is 4. The molecule has 1 heterocycles. The van der Waals surface area contributed by atoms with E-state index in [1.807, 2.05) is 13.0 Å². The van der Waals surface area contributed by atoms with E-state index in [1.165, 1.54) is 0 Å². The van der Waals surface area contributed by atoms with Crippen LogP contribution in [0.2, 0.25) is 0 Å². The number of aryl methyl sites for hydroxylation is 1. The summed E-state index contributed by atoms with van der Waals surface area (Å²) in [4.78, 5) is 8.85. The van der Waals surface area contributed by atoms with Crippen LogP contribution < -0.4 is 5.32 Å². The topological polar surface area (TPSA) is 47.0 Å². The average molecular weight is 237 g/mol. The minimum Gasteiger partial charge on any atom is -0.373 e. The Kier molecular flexibility index (Phi) is 6.74. The van der Waals surface area contributed by atoms with E-state index in [0.29, 0.717) is 6.61 Å². The van der Waals surface area contributed by atoms with E-state index < -0.39 is 0 Å². The van der Waals surface area contributed by atoms with Crippen molar-refractivity contribution in [1.82, 2.24) is 15.3 Å². The third kappa shape index (κ3) is 5.75. The molecule has 0 aliphatic heterocycles. The maximum Gasteiger partial charge on any atom is 0.154 e. The Hall–Kier alpha value is -1.00. The lowest BCUT2D eigenvalue weighted by Gasteiger charge is -2.07. The zero-order valence-corrected chi connectivity index (χ0v) is 11.1. The van der Waals surface area contributed by atoms with Gasteiger partial charge in [0.05, 0.1) is 5.69 Å². The van der Waals surface area contributed by atoms with Crippen molar-refractivity contribution in [3.05, 3.63) is 23.3 Å². The van der Waals surface area contributed by atoms with Crippen molar-refractivity contribution in [3.8, 4) is 0 Å². The van der Waals surface area contributed by atoms with Gasteiger partial charge in [-0.15, -0.1) is 0 Å². The Morgan fingerprint density at radius 2 is 2.06 bits per heavy atom. The largest absolute Gasteiger partial charge is 0.373 e. The fourth-order valence-corrected chi connectivity index (χ4v) is 1.56. The summed E-state index contributed by atoms with van der Waals surface area (Å²) < 4.78 is 5.46. The molecule has 4 nitrogen and oxygen atoms in total. The van der Waals surface area contributed by atoms with Crippen LogP contribution in [-0.4, -0.2) is 23.1 Å². The zero-order chi connectivity index (χ0) is 12.5. The first-order valence-electron chi connectivity index (χ1n) is 6.38. The van der Waals surface area contributed by atoms with Gasteiger partial charge in [-0.25, -0.2) is 9.97 Å². The van der Waals surface area contributed by atoms with Crippen molar-refractivity contribution >= 4 is 0 Å². The molecular formula is C13H23N3O. The standard InChI is InChI=1S/C13H23N3O/c1-4-6-14-9-12-8-11(3)15-13(16-12)10-17-7-5-2/h8,14H,4-7,9-10H2,1-3H3. The molecule has 1 aromatic heterocycles. The summed E-state index contributed by atoms with van der Waals surface area (Å²) in [5.74, 6) is 0.784. The molecule has 17 heavy (non-hydrogen) atoms. The summed E-state index contributed by atoms with van der Waals surface area (Å²) in [6.45, 7) is 9.34. The molecule has 0 amide bonds. The molecule has 0 bridgehead atoms. The van der Waals surface area contributed by atoms with Crippen molar-refractivity contribution in [1.29, 1.82) is 0 Å². The highest BCUT2D eigenvalue weighted by Gasteiger charge is 2.02. The van der Waals surface area contributed by atoms with Crippen molar-refractivity contribution in [2.45, 2.75) is 46.8 Å².